The highest BCUT2D eigenvalue weighted by Gasteiger charge is 2.37. The second-order valence-corrected chi connectivity index (χ2v) is 6.91. The monoisotopic (exact) mass is 397 g/mol. The lowest BCUT2D eigenvalue weighted by Gasteiger charge is -2.25. The Morgan fingerprint density at radius 3 is 2.97 bits per heavy atom. The van der Waals surface area contributed by atoms with Crippen molar-refractivity contribution in [2.45, 2.75) is 31.5 Å². The lowest BCUT2D eigenvalue weighted by Crippen LogP contribution is -2.32. The van der Waals surface area contributed by atoms with Crippen LogP contribution in [0.2, 0.25) is 0 Å². The Hall–Kier alpha value is -3.27. The van der Waals surface area contributed by atoms with Crippen LogP contribution in [0.15, 0.2) is 54.7 Å². The van der Waals surface area contributed by atoms with Gasteiger partial charge in [-0.3, -0.25) is 4.79 Å². The first kappa shape index (κ1) is 20.5. The molecule has 1 amide bonds. The molecular formula is C22H21F2N3O2. The molecule has 1 saturated heterocycles. The molecule has 1 aromatic carbocycles. The van der Waals surface area contributed by atoms with Crippen molar-refractivity contribution in [3.8, 4) is 11.9 Å². The fourth-order valence-electron chi connectivity index (χ4n) is 3.37. The van der Waals surface area contributed by atoms with E-state index in [1.54, 1.807) is 18.2 Å². The van der Waals surface area contributed by atoms with E-state index in [2.05, 4.69) is 11.6 Å². The molecule has 1 aromatic heterocycles. The van der Waals surface area contributed by atoms with Crippen LogP contribution >= 0.6 is 0 Å². The van der Waals surface area contributed by atoms with Crippen LogP contribution in [0.5, 0.6) is 5.88 Å². The fraction of sp³-hybridized carbons (Fsp3) is 0.318. The van der Waals surface area contributed by atoms with E-state index in [0.717, 1.165) is 0 Å². The van der Waals surface area contributed by atoms with Crippen LogP contribution < -0.4 is 4.74 Å². The summed E-state index contributed by atoms with van der Waals surface area (Å²) in [6.45, 7) is 4.11. The summed E-state index contributed by atoms with van der Waals surface area (Å²) in [7, 11) is 0. The van der Waals surface area contributed by atoms with Crippen molar-refractivity contribution < 1.29 is 18.3 Å². The van der Waals surface area contributed by atoms with Crippen molar-refractivity contribution in [2.75, 3.05) is 13.2 Å². The van der Waals surface area contributed by atoms with Crippen LogP contribution in [0.4, 0.5) is 8.78 Å². The fourth-order valence-corrected chi connectivity index (χ4v) is 3.37. The summed E-state index contributed by atoms with van der Waals surface area (Å²) in [6, 6.07) is 10.5. The van der Waals surface area contributed by atoms with Crippen molar-refractivity contribution >= 4 is 5.91 Å². The molecule has 3 rings (SSSR count). The molecule has 2 unspecified atom stereocenters. The second-order valence-electron chi connectivity index (χ2n) is 6.91. The smallest absolute Gasteiger partial charge is 0.249 e. The molecule has 5 nitrogen and oxygen atoms in total. The zero-order valence-electron chi connectivity index (χ0n) is 15.9. The van der Waals surface area contributed by atoms with Crippen LogP contribution in [0.3, 0.4) is 0 Å². The van der Waals surface area contributed by atoms with E-state index < -0.39 is 18.0 Å². The van der Waals surface area contributed by atoms with Gasteiger partial charge in [0.2, 0.25) is 11.8 Å². The van der Waals surface area contributed by atoms with E-state index in [4.69, 9.17) is 10.00 Å². The zero-order valence-corrected chi connectivity index (χ0v) is 15.9. The van der Waals surface area contributed by atoms with Crippen molar-refractivity contribution in [1.29, 1.82) is 5.26 Å². The number of ether oxygens (including phenoxy) is 1. The molecule has 2 aromatic rings. The minimum Gasteiger partial charge on any atom is -0.478 e. The summed E-state index contributed by atoms with van der Waals surface area (Å²) < 4.78 is 33.1. The maximum atomic E-state index is 14.0. The molecule has 1 aliphatic rings. The van der Waals surface area contributed by atoms with Crippen LogP contribution in [0.1, 0.15) is 36.4 Å². The number of pyridine rings is 1. The number of aromatic nitrogens is 1. The van der Waals surface area contributed by atoms with Gasteiger partial charge in [-0.2, -0.15) is 5.26 Å². The van der Waals surface area contributed by atoms with Gasteiger partial charge in [0.05, 0.1) is 30.8 Å². The van der Waals surface area contributed by atoms with Gasteiger partial charge in [0, 0.05) is 24.3 Å². The standard InChI is InChI=1S/C22H21F2N3O2/c1-15(4-3-9-29-21-10-16(13-25)7-8-26-21)22(28)27-14-19(24)12-20(27)17-5-2-6-18(23)11-17/h2,5-8,10-11,19-20H,1,3-4,9,12,14H2. The normalized spacial score (nSPS) is 18.3. The predicted molar refractivity (Wildman–Crippen MR) is 103 cm³/mol. The number of hydrogen-bond donors (Lipinski definition) is 0. The molecule has 1 fully saturated rings. The summed E-state index contributed by atoms with van der Waals surface area (Å²) in [6.07, 6.45) is 1.37. The molecule has 1 aliphatic heterocycles. The van der Waals surface area contributed by atoms with Crippen molar-refractivity contribution in [3.63, 3.8) is 0 Å². The molecule has 2 heterocycles. The Balaban J connectivity index is 1.54. The summed E-state index contributed by atoms with van der Waals surface area (Å²) in [5.74, 6) is -0.404. The van der Waals surface area contributed by atoms with Gasteiger partial charge in [-0.05, 0) is 36.6 Å². The van der Waals surface area contributed by atoms with E-state index in [1.165, 1.54) is 29.3 Å². The van der Waals surface area contributed by atoms with Gasteiger partial charge in [0.25, 0.3) is 0 Å². The number of likely N-dealkylation sites (tertiary alicyclic amines) is 1. The number of alkyl halides is 1. The van der Waals surface area contributed by atoms with Gasteiger partial charge >= 0.3 is 0 Å². The highest BCUT2D eigenvalue weighted by Crippen LogP contribution is 2.35. The largest absolute Gasteiger partial charge is 0.478 e. The van der Waals surface area contributed by atoms with Crippen LogP contribution in [0, 0.1) is 17.1 Å². The van der Waals surface area contributed by atoms with E-state index in [0.29, 0.717) is 42.0 Å². The first-order valence-electron chi connectivity index (χ1n) is 9.35. The van der Waals surface area contributed by atoms with Crippen LogP contribution in [-0.2, 0) is 4.79 Å². The van der Waals surface area contributed by atoms with Crippen molar-refractivity contribution in [3.05, 3.63) is 71.7 Å². The molecule has 0 spiro atoms. The predicted octanol–water partition coefficient (Wildman–Crippen LogP) is 4.12. The topological polar surface area (TPSA) is 66.2 Å². The number of halogens is 2. The highest BCUT2D eigenvalue weighted by molar-refractivity contribution is 5.93. The molecule has 7 heteroatoms. The Morgan fingerprint density at radius 2 is 2.21 bits per heavy atom. The third-order valence-electron chi connectivity index (χ3n) is 4.78. The number of hydrogen-bond acceptors (Lipinski definition) is 4. The Kier molecular flexibility index (Phi) is 6.55. The van der Waals surface area contributed by atoms with Gasteiger partial charge in [0.15, 0.2) is 0 Å². The van der Waals surface area contributed by atoms with Crippen LogP contribution in [0.25, 0.3) is 0 Å². The van der Waals surface area contributed by atoms with Gasteiger partial charge in [-0.25, -0.2) is 13.8 Å². The quantitative estimate of drug-likeness (QED) is 0.521. The molecule has 0 N–H and O–H groups in total. The third kappa shape index (κ3) is 5.17. The molecule has 0 radical (unpaired) electrons. The number of nitriles is 1. The Morgan fingerprint density at radius 1 is 1.38 bits per heavy atom. The Bertz CT molecular complexity index is 942. The maximum Gasteiger partial charge on any atom is 0.249 e. The molecular weight excluding hydrogens is 376 g/mol. The second kappa shape index (κ2) is 9.28. The molecule has 0 aliphatic carbocycles. The number of carbonyl (C=O) groups is 1. The van der Waals surface area contributed by atoms with E-state index in [-0.39, 0.29) is 18.9 Å². The number of rotatable bonds is 7. The SMILES string of the molecule is C=C(CCCOc1cc(C#N)ccn1)C(=O)N1CC(F)CC1c1cccc(F)c1. The number of benzene rings is 1. The molecule has 150 valence electrons. The van der Waals surface area contributed by atoms with Crippen molar-refractivity contribution in [2.24, 2.45) is 0 Å². The van der Waals surface area contributed by atoms with E-state index in [9.17, 15) is 13.6 Å². The number of amides is 1. The average Bonchev–Trinajstić information content (AvgIpc) is 3.12. The Labute approximate surface area is 168 Å². The van der Waals surface area contributed by atoms with E-state index >= 15 is 0 Å². The van der Waals surface area contributed by atoms with Gasteiger partial charge in [-0.1, -0.05) is 18.7 Å². The maximum absolute atomic E-state index is 14.0. The van der Waals surface area contributed by atoms with E-state index in [1.807, 2.05) is 6.07 Å². The molecule has 29 heavy (non-hydrogen) atoms. The number of nitrogens with zero attached hydrogens (tertiary/aromatic N) is 3. The summed E-state index contributed by atoms with van der Waals surface area (Å²) in [5.41, 5.74) is 1.38. The molecule has 0 saturated carbocycles. The minimum atomic E-state index is -1.15. The molecule has 2 atom stereocenters. The summed E-state index contributed by atoms with van der Waals surface area (Å²) in [5, 5.41) is 8.87. The van der Waals surface area contributed by atoms with Crippen LogP contribution in [-0.4, -0.2) is 35.1 Å². The first-order valence-corrected chi connectivity index (χ1v) is 9.35. The number of carbonyl (C=O) groups excluding carboxylic acids is 1. The lowest BCUT2D eigenvalue weighted by atomic mass is 10.0. The van der Waals surface area contributed by atoms with Gasteiger partial charge < -0.3 is 9.64 Å². The zero-order chi connectivity index (χ0) is 20.8. The molecule has 0 bridgehead atoms. The van der Waals surface area contributed by atoms with Crippen molar-refractivity contribution in [1.82, 2.24) is 9.88 Å². The minimum absolute atomic E-state index is 0.0274. The summed E-state index contributed by atoms with van der Waals surface area (Å²) in [4.78, 5) is 18.2. The lowest BCUT2D eigenvalue weighted by molar-refractivity contribution is -0.128. The van der Waals surface area contributed by atoms with Gasteiger partial charge in [-0.15, -0.1) is 0 Å². The average molecular weight is 397 g/mol. The highest BCUT2D eigenvalue weighted by atomic mass is 19.1. The summed E-state index contributed by atoms with van der Waals surface area (Å²) >= 11 is 0. The van der Waals surface area contributed by atoms with Gasteiger partial charge in [0.1, 0.15) is 12.0 Å². The first-order chi connectivity index (χ1) is 14.0. The third-order valence-corrected chi connectivity index (χ3v) is 4.78.